The molecule has 0 spiro atoms. The highest BCUT2D eigenvalue weighted by Crippen LogP contribution is 2.30. The van der Waals surface area contributed by atoms with Crippen molar-refractivity contribution in [1.82, 2.24) is 10.3 Å². The number of ether oxygens (including phenoxy) is 2. The second kappa shape index (κ2) is 13.7. The van der Waals surface area contributed by atoms with E-state index < -0.39 is 46.2 Å². The van der Waals surface area contributed by atoms with Crippen molar-refractivity contribution in [1.29, 1.82) is 0 Å². The molecule has 0 aliphatic heterocycles. The molecular weight excluding hydrogens is 551 g/mol. The molecule has 0 radical (unpaired) electrons. The first-order valence-corrected chi connectivity index (χ1v) is 14.5. The molecule has 0 fully saturated rings. The second-order valence-corrected chi connectivity index (χ2v) is 13.3. The van der Waals surface area contributed by atoms with E-state index in [1.54, 1.807) is 78.1 Å². The van der Waals surface area contributed by atoms with Crippen LogP contribution in [0.3, 0.4) is 0 Å². The average Bonchev–Trinajstić information content (AvgIpc) is 2.78. The first-order chi connectivity index (χ1) is 17.5. The van der Waals surface area contributed by atoms with Crippen molar-refractivity contribution < 1.29 is 28.4 Å². The van der Waals surface area contributed by atoms with E-state index in [0.29, 0.717) is 15.7 Å². The van der Waals surface area contributed by atoms with E-state index in [4.69, 9.17) is 32.7 Å². The summed E-state index contributed by atoms with van der Waals surface area (Å²) in [6.45, 7) is 10.3. The topological polar surface area (TPSA) is 115 Å². The molecular formula is C27H36Cl2N2O6S. The lowest BCUT2D eigenvalue weighted by Crippen LogP contribution is -2.46. The van der Waals surface area contributed by atoms with Gasteiger partial charge in [0.05, 0.1) is 11.8 Å². The molecule has 0 saturated carbocycles. The third-order valence-electron chi connectivity index (χ3n) is 5.01. The van der Waals surface area contributed by atoms with E-state index >= 15 is 0 Å². The maximum atomic E-state index is 12.7. The van der Waals surface area contributed by atoms with E-state index in [-0.39, 0.29) is 24.3 Å². The SMILES string of the molecule is CC(C)(C)OC(=O)NC(CC[S@@](=O)CCC(O)c1ccc(-c2ccc(Cl)cc2Cl)cn1)C(=O)OC(C)(C)C. The summed E-state index contributed by atoms with van der Waals surface area (Å²) in [6.07, 6.45) is 0.223. The minimum Gasteiger partial charge on any atom is -0.458 e. The number of rotatable bonds is 10. The molecule has 1 aromatic carbocycles. The quantitative estimate of drug-likeness (QED) is 0.335. The molecule has 3 atom stereocenters. The fourth-order valence-electron chi connectivity index (χ4n) is 3.30. The number of hydrogen-bond acceptors (Lipinski definition) is 7. The lowest BCUT2D eigenvalue weighted by molar-refractivity contribution is -0.157. The third kappa shape index (κ3) is 11.3. The molecule has 2 N–H and O–H groups in total. The fourth-order valence-corrected chi connectivity index (χ4v) is 5.01. The van der Waals surface area contributed by atoms with Crippen LogP contribution in [-0.2, 0) is 25.1 Å². The van der Waals surface area contributed by atoms with Gasteiger partial charge in [-0.3, -0.25) is 9.19 Å². The second-order valence-electron chi connectivity index (χ2n) is 10.8. The summed E-state index contributed by atoms with van der Waals surface area (Å²) >= 11 is 12.2. The number of alkyl carbamates (subject to hydrolysis) is 1. The van der Waals surface area contributed by atoms with Gasteiger partial charge in [-0.1, -0.05) is 35.3 Å². The van der Waals surface area contributed by atoms with Gasteiger partial charge in [0.15, 0.2) is 0 Å². The van der Waals surface area contributed by atoms with Crippen molar-refractivity contribution in [2.45, 2.75) is 77.7 Å². The number of nitrogens with one attached hydrogen (secondary N) is 1. The molecule has 2 unspecified atom stereocenters. The van der Waals surface area contributed by atoms with Crippen molar-refractivity contribution in [2.75, 3.05) is 11.5 Å². The van der Waals surface area contributed by atoms with Gasteiger partial charge in [-0.15, -0.1) is 0 Å². The monoisotopic (exact) mass is 586 g/mol. The number of carbonyl (C=O) groups excluding carboxylic acids is 2. The smallest absolute Gasteiger partial charge is 0.408 e. The van der Waals surface area contributed by atoms with Gasteiger partial charge < -0.3 is 19.9 Å². The molecule has 8 nitrogen and oxygen atoms in total. The first kappa shape index (κ1) is 32.0. The molecule has 0 saturated heterocycles. The maximum absolute atomic E-state index is 12.7. The van der Waals surface area contributed by atoms with Gasteiger partial charge in [0.1, 0.15) is 17.2 Å². The lowest BCUT2D eigenvalue weighted by atomic mass is 10.1. The van der Waals surface area contributed by atoms with Gasteiger partial charge in [0.2, 0.25) is 0 Å². The largest absolute Gasteiger partial charge is 0.458 e. The van der Waals surface area contributed by atoms with Crippen molar-refractivity contribution in [2.24, 2.45) is 0 Å². The number of hydrogen-bond donors (Lipinski definition) is 2. The standard InChI is InChI=1S/C27H36Cl2N2O6S/c1-26(2,3)36-24(33)22(31-25(34)37-27(4,5)6)11-13-38(35)14-12-23(32)21-10-7-17(16-30-21)19-9-8-18(28)15-20(19)29/h7-10,15-16,22-23,32H,11-14H2,1-6H3,(H,31,34)/t22?,23?,38-/m1/s1. The Morgan fingerprint density at radius 3 is 2.18 bits per heavy atom. The predicted molar refractivity (Wildman–Crippen MR) is 151 cm³/mol. The summed E-state index contributed by atoms with van der Waals surface area (Å²) in [6, 6.07) is 7.64. The summed E-state index contributed by atoms with van der Waals surface area (Å²) in [5.41, 5.74) is 0.487. The molecule has 1 heterocycles. The van der Waals surface area contributed by atoms with Crippen LogP contribution in [0.2, 0.25) is 10.0 Å². The van der Waals surface area contributed by atoms with Crippen LogP contribution >= 0.6 is 23.2 Å². The van der Waals surface area contributed by atoms with Crippen LogP contribution in [0.5, 0.6) is 0 Å². The van der Waals surface area contributed by atoms with Gasteiger partial charge in [0, 0.05) is 49.7 Å². The molecule has 0 aliphatic rings. The van der Waals surface area contributed by atoms with Gasteiger partial charge in [-0.2, -0.15) is 0 Å². The summed E-state index contributed by atoms with van der Waals surface area (Å²) in [4.78, 5) is 29.2. The molecule has 0 aliphatic carbocycles. The minimum absolute atomic E-state index is 0.0889. The van der Waals surface area contributed by atoms with Crippen LogP contribution in [0.25, 0.3) is 11.1 Å². The molecule has 210 valence electrons. The Bertz CT molecular complexity index is 1130. The molecule has 0 bridgehead atoms. The van der Waals surface area contributed by atoms with Gasteiger partial charge in [-0.25, -0.2) is 9.59 Å². The normalized spacial score (nSPS) is 14.3. The predicted octanol–water partition coefficient (Wildman–Crippen LogP) is 5.85. The zero-order chi connectivity index (χ0) is 28.7. The lowest BCUT2D eigenvalue weighted by Gasteiger charge is -2.26. The van der Waals surface area contributed by atoms with Crippen LogP contribution in [0.4, 0.5) is 4.79 Å². The minimum atomic E-state index is -1.37. The fraction of sp³-hybridized carbons (Fsp3) is 0.519. The van der Waals surface area contributed by atoms with Gasteiger partial charge in [-0.05, 0) is 72.6 Å². The Labute approximate surface area is 236 Å². The van der Waals surface area contributed by atoms with Gasteiger partial charge in [0.25, 0.3) is 0 Å². The summed E-state index contributed by atoms with van der Waals surface area (Å²) < 4.78 is 23.3. The number of amides is 1. The van der Waals surface area contributed by atoms with Crippen LogP contribution < -0.4 is 5.32 Å². The molecule has 11 heteroatoms. The average molecular weight is 588 g/mol. The van der Waals surface area contributed by atoms with E-state index in [9.17, 15) is 18.9 Å². The highest BCUT2D eigenvalue weighted by Gasteiger charge is 2.29. The number of aromatic nitrogens is 1. The van der Waals surface area contributed by atoms with Gasteiger partial charge >= 0.3 is 12.1 Å². The van der Waals surface area contributed by atoms with Crippen LogP contribution in [0.1, 0.15) is 66.2 Å². The van der Waals surface area contributed by atoms with Crippen LogP contribution in [-0.4, -0.2) is 55.1 Å². The van der Waals surface area contributed by atoms with E-state index in [1.165, 1.54) is 0 Å². The third-order valence-corrected chi connectivity index (χ3v) is 6.94. The Morgan fingerprint density at radius 1 is 1.00 bits per heavy atom. The number of aliphatic hydroxyl groups excluding tert-OH is 1. The van der Waals surface area contributed by atoms with Crippen LogP contribution in [0, 0.1) is 0 Å². The van der Waals surface area contributed by atoms with E-state index in [1.807, 2.05) is 0 Å². The Morgan fingerprint density at radius 2 is 1.63 bits per heavy atom. The van der Waals surface area contributed by atoms with Crippen LogP contribution in [0.15, 0.2) is 36.5 Å². The highest BCUT2D eigenvalue weighted by atomic mass is 35.5. The van der Waals surface area contributed by atoms with Crippen molar-refractivity contribution >= 4 is 46.1 Å². The molecule has 1 aromatic heterocycles. The Kier molecular flexibility index (Phi) is 11.6. The molecule has 2 aromatic rings. The van der Waals surface area contributed by atoms with E-state index in [2.05, 4.69) is 10.3 Å². The summed E-state index contributed by atoms with van der Waals surface area (Å²) in [5, 5.41) is 14.1. The molecule has 38 heavy (non-hydrogen) atoms. The maximum Gasteiger partial charge on any atom is 0.408 e. The number of halogens is 2. The Hall–Kier alpha value is -2.20. The number of aliphatic hydroxyl groups is 1. The summed E-state index contributed by atoms with van der Waals surface area (Å²) in [7, 11) is -1.37. The number of carbonyl (C=O) groups is 2. The van der Waals surface area contributed by atoms with Crippen molar-refractivity contribution in [3.63, 3.8) is 0 Å². The van der Waals surface area contributed by atoms with Crippen molar-refractivity contribution in [3.05, 3.63) is 52.3 Å². The Balaban J connectivity index is 1.94. The number of pyridine rings is 1. The zero-order valence-corrected chi connectivity index (χ0v) is 24.9. The zero-order valence-electron chi connectivity index (χ0n) is 22.5. The van der Waals surface area contributed by atoms with Crippen molar-refractivity contribution in [3.8, 4) is 11.1 Å². The number of esters is 1. The number of nitrogens with zero attached hydrogens (tertiary/aromatic N) is 1. The highest BCUT2D eigenvalue weighted by molar-refractivity contribution is 7.84. The molecule has 2 rings (SSSR count). The first-order valence-electron chi connectivity index (χ1n) is 12.2. The molecule has 1 amide bonds. The number of benzene rings is 1. The summed E-state index contributed by atoms with van der Waals surface area (Å²) in [5.74, 6) is -0.333. The van der Waals surface area contributed by atoms with E-state index in [0.717, 1.165) is 11.1 Å².